The lowest BCUT2D eigenvalue weighted by Crippen LogP contribution is -2.32. The molecule has 0 bridgehead atoms. The fraction of sp³-hybridized carbons (Fsp3) is 0.600. The molecule has 50 valence electrons. The molecule has 0 aromatic heterocycles. The van der Waals surface area contributed by atoms with Gasteiger partial charge in [-0.25, -0.2) is 4.79 Å². The van der Waals surface area contributed by atoms with Gasteiger partial charge in [-0.2, -0.15) is 0 Å². The van der Waals surface area contributed by atoms with E-state index in [2.05, 4.69) is 10.1 Å². The Balaban J connectivity index is 2.48. The second kappa shape index (κ2) is 2.05. The van der Waals surface area contributed by atoms with Crippen molar-refractivity contribution in [1.82, 2.24) is 5.32 Å². The smallest absolute Gasteiger partial charge is 0.407 e. The van der Waals surface area contributed by atoms with Crippen molar-refractivity contribution in [2.75, 3.05) is 6.61 Å². The van der Waals surface area contributed by atoms with Gasteiger partial charge in [0, 0.05) is 0 Å². The number of nitrogens with one attached hydrogen (secondary N) is 1. The Morgan fingerprint density at radius 1 is 1.89 bits per heavy atom. The number of carbonyl (C=O) groups excluding carboxylic acids is 2. The van der Waals surface area contributed by atoms with Crippen LogP contribution in [0.1, 0.15) is 6.92 Å². The van der Waals surface area contributed by atoms with E-state index in [4.69, 9.17) is 0 Å². The zero-order chi connectivity index (χ0) is 6.85. The van der Waals surface area contributed by atoms with Crippen molar-refractivity contribution in [3.05, 3.63) is 0 Å². The average molecular weight is 129 g/mol. The summed E-state index contributed by atoms with van der Waals surface area (Å²) in [6.45, 7) is 1.59. The van der Waals surface area contributed by atoms with Gasteiger partial charge in [0.1, 0.15) is 12.6 Å². The number of amides is 1. The summed E-state index contributed by atoms with van der Waals surface area (Å²) in [5, 5.41) is 2.34. The Morgan fingerprint density at radius 2 is 2.56 bits per heavy atom. The molecule has 1 saturated heterocycles. The minimum atomic E-state index is -0.504. The normalized spacial score (nSPS) is 25.0. The summed E-state index contributed by atoms with van der Waals surface area (Å²) in [6.07, 6.45) is -0.504. The second-order valence-corrected chi connectivity index (χ2v) is 1.91. The molecule has 0 unspecified atom stereocenters. The van der Waals surface area contributed by atoms with Crippen LogP contribution in [0.2, 0.25) is 0 Å². The van der Waals surface area contributed by atoms with Crippen molar-refractivity contribution in [3.8, 4) is 0 Å². The maximum absolute atomic E-state index is 10.5. The minimum absolute atomic E-state index is 0.0687. The summed E-state index contributed by atoms with van der Waals surface area (Å²) < 4.78 is 4.46. The van der Waals surface area contributed by atoms with Crippen LogP contribution in [0.5, 0.6) is 0 Å². The molecule has 0 aromatic rings. The predicted octanol–water partition coefficient (Wildman–Crippen LogP) is -0.316. The van der Waals surface area contributed by atoms with Crippen LogP contribution in [0.25, 0.3) is 0 Å². The van der Waals surface area contributed by atoms with E-state index in [9.17, 15) is 9.59 Å². The Kier molecular flexibility index (Phi) is 1.38. The zero-order valence-electron chi connectivity index (χ0n) is 5.01. The molecular formula is C5H7NO3. The van der Waals surface area contributed by atoms with E-state index in [1.807, 2.05) is 0 Å². The average Bonchev–Trinajstić information content (AvgIpc) is 2.14. The molecule has 1 amide bonds. The number of cyclic esters (lactones) is 1. The van der Waals surface area contributed by atoms with E-state index in [0.717, 1.165) is 0 Å². The monoisotopic (exact) mass is 129 g/mol. The number of ketones is 1. The number of hydrogen-bond acceptors (Lipinski definition) is 3. The minimum Gasteiger partial charge on any atom is -0.447 e. The zero-order valence-corrected chi connectivity index (χ0v) is 5.01. The summed E-state index contributed by atoms with van der Waals surface area (Å²) in [5.41, 5.74) is 0. The molecule has 4 nitrogen and oxygen atoms in total. The van der Waals surface area contributed by atoms with Crippen LogP contribution in [0.15, 0.2) is 0 Å². The molecule has 1 atom stereocenters. The lowest BCUT2D eigenvalue weighted by molar-refractivity contribution is -0.118. The van der Waals surface area contributed by atoms with Crippen molar-refractivity contribution in [2.24, 2.45) is 0 Å². The first-order valence-electron chi connectivity index (χ1n) is 2.64. The Morgan fingerprint density at radius 3 is 2.78 bits per heavy atom. The maximum atomic E-state index is 10.5. The van der Waals surface area contributed by atoms with Gasteiger partial charge < -0.3 is 10.1 Å². The maximum Gasteiger partial charge on any atom is 0.407 e. The highest BCUT2D eigenvalue weighted by atomic mass is 16.6. The van der Waals surface area contributed by atoms with Crippen LogP contribution in [-0.4, -0.2) is 24.5 Å². The molecule has 4 heteroatoms. The summed E-state index contributed by atoms with van der Waals surface area (Å²) in [7, 11) is 0. The van der Waals surface area contributed by atoms with Crippen molar-refractivity contribution in [3.63, 3.8) is 0 Å². The summed E-state index contributed by atoms with van der Waals surface area (Å²) in [5.74, 6) is -0.0687. The molecule has 0 aromatic carbocycles. The standard InChI is InChI=1S/C5H7NO3/c1-3(7)4-2-9-5(8)6-4/h4H,2H2,1H3,(H,6,8)/t4-/m0/s1. The first-order chi connectivity index (χ1) is 4.20. The summed E-state index contributed by atoms with van der Waals surface area (Å²) >= 11 is 0. The number of rotatable bonds is 1. The molecule has 0 radical (unpaired) electrons. The SMILES string of the molecule is CC(=O)[C@@H]1COC(=O)N1. The fourth-order valence-electron chi connectivity index (χ4n) is 0.604. The number of ether oxygens (including phenoxy) is 1. The number of alkyl carbamates (subject to hydrolysis) is 1. The van der Waals surface area contributed by atoms with Gasteiger partial charge in [0.05, 0.1) is 0 Å². The molecule has 0 spiro atoms. The molecule has 1 aliphatic rings. The highest BCUT2D eigenvalue weighted by Crippen LogP contribution is 1.97. The van der Waals surface area contributed by atoms with Gasteiger partial charge in [-0.1, -0.05) is 0 Å². The molecule has 9 heavy (non-hydrogen) atoms. The van der Waals surface area contributed by atoms with Crippen molar-refractivity contribution in [1.29, 1.82) is 0 Å². The third kappa shape index (κ3) is 1.19. The van der Waals surface area contributed by atoms with Gasteiger partial charge in [0.15, 0.2) is 5.78 Å². The fourth-order valence-corrected chi connectivity index (χ4v) is 0.604. The van der Waals surface area contributed by atoms with Crippen LogP contribution in [0, 0.1) is 0 Å². The number of hydrogen-bond donors (Lipinski definition) is 1. The lowest BCUT2D eigenvalue weighted by atomic mass is 10.2. The molecule has 1 fully saturated rings. The third-order valence-electron chi connectivity index (χ3n) is 1.16. The topological polar surface area (TPSA) is 55.4 Å². The van der Waals surface area contributed by atoms with Crippen LogP contribution < -0.4 is 5.32 Å². The predicted molar refractivity (Wildman–Crippen MR) is 29.0 cm³/mol. The quantitative estimate of drug-likeness (QED) is 0.528. The number of Topliss-reactive ketones (excluding diaryl/α,β-unsaturated/α-hetero) is 1. The van der Waals surface area contributed by atoms with E-state index in [1.165, 1.54) is 6.92 Å². The Hall–Kier alpha value is -1.06. The van der Waals surface area contributed by atoms with Crippen molar-refractivity contribution in [2.45, 2.75) is 13.0 Å². The first kappa shape index (κ1) is 6.07. The van der Waals surface area contributed by atoms with Gasteiger partial charge in [-0.15, -0.1) is 0 Å². The van der Waals surface area contributed by atoms with E-state index in [-0.39, 0.29) is 12.4 Å². The first-order valence-corrected chi connectivity index (χ1v) is 2.64. The van der Waals surface area contributed by atoms with Crippen LogP contribution in [0.4, 0.5) is 4.79 Å². The van der Waals surface area contributed by atoms with Crippen molar-refractivity contribution < 1.29 is 14.3 Å². The van der Waals surface area contributed by atoms with Crippen LogP contribution in [-0.2, 0) is 9.53 Å². The second-order valence-electron chi connectivity index (χ2n) is 1.91. The molecule has 0 saturated carbocycles. The molecule has 0 aliphatic carbocycles. The van der Waals surface area contributed by atoms with E-state index in [0.29, 0.717) is 0 Å². The molecule has 1 rings (SSSR count). The van der Waals surface area contributed by atoms with Gasteiger partial charge in [-0.3, -0.25) is 4.79 Å². The van der Waals surface area contributed by atoms with E-state index < -0.39 is 12.1 Å². The van der Waals surface area contributed by atoms with Crippen LogP contribution >= 0.6 is 0 Å². The van der Waals surface area contributed by atoms with Crippen LogP contribution in [0.3, 0.4) is 0 Å². The van der Waals surface area contributed by atoms with Gasteiger partial charge in [0.2, 0.25) is 0 Å². The largest absolute Gasteiger partial charge is 0.447 e. The highest BCUT2D eigenvalue weighted by molar-refractivity contribution is 5.87. The molecular weight excluding hydrogens is 122 g/mol. The summed E-state index contributed by atoms with van der Waals surface area (Å²) in [6, 6.07) is -0.419. The van der Waals surface area contributed by atoms with E-state index in [1.54, 1.807) is 0 Å². The summed E-state index contributed by atoms with van der Waals surface area (Å²) in [4.78, 5) is 20.8. The highest BCUT2D eigenvalue weighted by Gasteiger charge is 2.25. The lowest BCUT2D eigenvalue weighted by Gasteiger charge is -1.97. The van der Waals surface area contributed by atoms with Crippen molar-refractivity contribution >= 4 is 11.9 Å². The number of carbonyl (C=O) groups is 2. The molecule has 1 aliphatic heterocycles. The van der Waals surface area contributed by atoms with E-state index >= 15 is 0 Å². The molecule has 1 heterocycles. The van der Waals surface area contributed by atoms with Gasteiger partial charge in [0.25, 0.3) is 0 Å². The third-order valence-corrected chi connectivity index (χ3v) is 1.16. The Labute approximate surface area is 52.2 Å². The van der Waals surface area contributed by atoms with Gasteiger partial charge >= 0.3 is 6.09 Å². The Bertz CT molecular complexity index is 154. The molecule has 1 N–H and O–H groups in total. The van der Waals surface area contributed by atoms with Gasteiger partial charge in [-0.05, 0) is 6.92 Å².